The minimum atomic E-state index is -0.434. The van der Waals surface area contributed by atoms with Crippen molar-refractivity contribution < 1.29 is 14.3 Å². The minimum absolute atomic E-state index is 0.0677. The van der Waals surface area contributed by atoms with Gasteiger partial charge in [0.2, 0.25) is 5.78 Å². The standard InChI is InChI=1S/C26H18ClNO3/c1-31-21-11-8-17(9-12-21)4-2-5-18-10-13-24-22(15-18)25(29)23(26(30)28-24)16-19-6-3-7-20(27)14-19/h3,6-16H,4H2,1H3,(H,28,30)/b23-16+. The van der Waals surface area contributed by atoms with Gasteiger partial charge in [-0.05, 0) is 59.7 Å². The lowest BCUT2D eigenvalue weighted by molar-refractivity contribution is -0.112. The average Bonchev–Trinajstić information content (AvgIpc) is 2.77. The van der Waals surface area contributed by atoms with E-state index in [-0.39, 0.29) is 11.4 Å². The van der Waals surface area contributed by atoms with Crippen molar-refractivity contribution in [3.63, 3.8) is 0 Å². The number of ketones is 1. The van der Waals surface area contributed by atoms with Crippen molar-refractivity contribution in [2.75, 3.05) is 12.4 Å². The molecule has 0 aliphatic carbocycles. The molecule has 3 aromatic rings. The first-order valence-electron chi connectivity index (χ1n) is 9.62. The monoisotopic (exact) mass is 427 g/mol. The number of nitrogens with one attached hydrogen (secondary N) is 1. The van der Waals surface area contributed by atoms with Crippen LogP contribution < -0.4 is 10.1 Å². The molecule has 0 aromatic heterocycles. The Labute approximate surface area is 185 Å². The van der Waals surface area contributed by atoms with E-state index in [9.17, 15) is 9.59 Å². The third-order valence-corrected chi connectivity index (χ3v) is 5.08. The smallest absolute Gasteiger partial charge is 0.259 e. The molecule has 0 bridgehead atoms. The average molecular weight is 428 g/mol. The molecule has 4 rings (SSSR count). The van der Waals surface area contributed by atoms with E-state index in [0.717, 1.165) is 11.3 Å². The Balaban J connectivity index is 1.58. The number of Topliss-reactive ketones (excluding diaryl/α,β-unsaturated/α-hetero) is 1. The van der Waals surface area contributed by atoms with E-state index in [4.69, 9.17) is 16.3 Å². The van der Waals surface area contributed by atoms with Crippen LogP contribution in [0, 0.1) is 11.8 Å². The molecule has 1 amide bonds. The second-order valence-electron chi connectivity index (χ2n) is 6.98. The molecule has 1 aliphatic heterocycles. The van der Waals surface area contributed by atoms with Crippen LogP contribution in [0.4, 0.5) is 5.69 Å². The SMILES string of the molecule is COc1ccc(CC#Cc2ccc3c(c2)C(=O)/C(=C\c2cccc(Cl)c2)C(=O)N3)cc1. The number of rotatable bonds is 3. The number of fused-ring (bicyclic) bond motifs is 1. The molecule has 5 heteroatoms. The van der Waals surface area contributed by atoms with Gasteiger partial charge in [0.05, 0.1) is 18.4 Å². The summed E-state index contributed by atoms with van der Waals surface area (Å²) in [7, 11) is 1.63. The Morgan fingerprint density at radius 3 is 2.58 bits per heavy atom. The molecule has 0 fully saturated rings. The summed E-state index contributed by atoms with van der Waals surface area (Å²) in [6.45, 7) is 0. The van der Waals surface area contributed by atoms with Crippen molar-refractivity contribution in [1.82, 2.24) is 0 Å². The molecule has 0 saturated carbocycles. The number of ether oxygens (including phenoxy) is 1. The van der Waals surface area contributed by atoms with Crippen molar-refractivity contribution in [3.8, 4) is 17.6 Å². The lowest BCUT2D eigenvalue weighted by atomic mass is 9.94. The van der Waals surface area contributed by atoms with E-state index in [2.05, 4.69) is 17.2 Å². The normalized spacial score (nSPS) is 13.8. The van der Waals surface area contributed by atoms with Crippen LogP contribution in [0.5, 0.6) is 5.75 Å². The summed E-state index contributed by atoms with van der Waals surface area (Å²) in [6, 6.07) is 19.9. The number of hydrogen-bond donors (Lipinski definition) is 1. The molecular weight excluding hydrogens is 410 g/mol. The van der Waals surface area contributed by atoms with E-state index in [1.54, 1.807) is 55.7 Å². The van der Waals surface area contributed by atoms with Crippen LogP contribution in [0.15, 0.2) is 72.3 Å². The molecule has 1 aliphatic rings. The van der Waals surface area contributed by atoms with Crippen LogP contribution >= 0.6 is 11.6 Å². The molecule has 1 N–H and O–H groups in total. The second kappa shape index (κ2) is 8.91. The topological polar surface area (TPSA) is 55.4 Å². The van der Waals surface area contributed by atoms with Crippen molar-refractivity contribution in [3.05, 3.63) is 99.6 Å². The van der Waals surface area contributed by atoms with Crippen LogP contribution in [0.25, 0.3) is 6.08 Å². The Morgan fingerprint density at radius 2 is 1.84 bits per heavy atom. The zero-order chi connectivity index (χ0) is 21.8. The third kappa shape index (κ3) is 4.69. The van der Waals surface area contributed by atoms with Crippen LogP contribution in [0.3, 0.4) is 0 Å². The molecular formula is C26H18ClNO3. The van der Waals surface area contributed by atoms with E-state index < -0.39 is 5.91 Å². The van der Waals surface area contributed by atoms with Gasteiger partial charge in [-0.15, -0.1) is 0 Å². The fraction of sp³-hybridized carbons (Fsp3) is 0.0769. The third-order valence-electron chi connectivity index (χ3n) is 4.85. The highest BCUT2D eigenvalue weighted by Crippen LogP contribution is 2.28. The summed E-state index contributed by atoms with van der Waals surface area (Å²) in [6.07, 6.45) is 2.13. The maximum Gasteiger partial charge on any atom is 0.259 e. The van der Waals surface area contributed by atoms with E-state index >= 15 is 0 Å². The molecule has 4 nitrogen and oxygen atoms in total. The predicted molar refractivity (Wildman–Crippen MR) is 122 cm³/mol. The number of anilines is 1. The summed E-state index contributed by atoms with van der Waals surface area (Å²) in [5, 5.41) is 3.31. The number of halogens is 1. The van der Waals surface area contributed by atoms with Crippen molar-refractivity contribution in [2.24, 2.45) is 0 Å². The number of methoxy groups -OCH3 is 1. The van der Waals surface area contributed by atoms with Gasteiger partial charge in [-0.2, -0.15) is 0 Å². The van der Waals surface area contributed by atoms with Crippen LogP contribution in [0.1, 0.15) is 27.0 Å². The van der Waals surface area contributed by atoms with Crippen molar-refractivity contribution in [2.45, 2.75) is 6.42 Å². The number of amides is 1. The highest BCUT2D eigenvalue weighted by Gasteiger charge is 2.28. The van der Waals surface area contributed by atoms with Gasteiger partial charge in [0, 0.05) is 22.6 Å². The highest BCUT2D eigenvalue weighted by molar-refractivity contribution is 6.36. The molecule has 0 atom stereocenters. The van der Waals surface area contributed by atoms with Gasteiger partial charge >= 0.3 is 0 Å². The van der Waals surface area contributed by atoms with E-state index in [1.165, 1.54) is 0 Å². The first kappa shape index (κ1) is 20.5. The van der Waals surface area contributed by atoms with Gasteiger partial charge in [0.15, 0.2) is 0 Å². The lowest BCUT2D eigenvalue weighted by Gasteiger charge is -2.18. The summed E-state index contributed by atoms with van der Waals surface area (Å²) in [4.78, 5) is 25.4. The van der Waals surface area contributed by atoms with Gasteiger partial charge in [-0.25, -0.2) is 0 Å². The first-order chi connectivity index (χ1) is 15.0. The summed E-state index contributed by atoms with van der Waals surface area (Å²) in [5.41, 5.74) is 3.44. The van der Waals surface area contributed by atoms with Crippen LogP contribution in [-0.2, 0) is 11.2 Å². The Bertz CT molecular complexity index is 1260. The number of benzene rings is 3. The fourth-order valence-electron chi connectivity index (χ4n) is 3.24. The summed E-state index contributed by atoms with van der Waals surface area (Å²) in [5.74, 6) is 6.25. The number of carbonyl (C=O) groups excluding carboxylic acids is 2. The lowest BCUT2D eigenvalue weighted by Crippen LogP contribution is -2.27. The highest BCUT2D eigenvalue weighted by atomic mass is 35.5. The van der Waals surface area contributed by atoms with Gasteiger partial charge in [-0.3, -0.25) is 9.59 Å². The molecule has 0 radical (unpaired) electrons. The number of carbonyl (C=O) groups is 2. The van der Waals surface area contributed by atoms with Crippen LogP contribution in [0.2, 0.25) is 5.02 Å². The zero-order valence-electron chi connectivity index (χ0n) is 16.7. The fourth-order valence-corrected chi connectivity index (χ4v) is 3.44. The Morgan fingerprint density at radius 1 is 1.03 bits per heavy atom. The number of hydrogen-bond acceptors (Lipinski definition) is 3. The van der Waals surface area contributed by atoms with E-state index in [0.29, 0.717) is 33.8 Å². The zero-order valence-corrected chi connectivity index (χ0v) is 17.5. The molecule has 3 aromatic carbocycles. The van der Waals surface area contributed by atoms with Gasteiger partial charge in [0.1, 0.15) is 5.75 Å². The maximum absolute atomic E-state index is 13.0. The summed E-state index contributed by atoms with van der Waals surface area (Å²) >= 11 is 6.01. The molecule has 152 valence electrons. The molecule has 0 saturated heterocycles. The quantitative estimate of drug-likeness (QED) is 0.357. The Kier molecular flexibility index (Phi) is 5.88. The second-order valence-corrected chi connectivity index (χ2v) is 7.42. The largest absolute Gasteiger partial charge is 0.497 e. The van der Waals surface area contributed by atoms with Crippen molar-refractivity contribution in [1.29, 1.82) is 0 Å². The minimum Gasteiger partial charge on any atom is -0.497 e. The van der Waals surface area contributed by atoms with Gasteiger partial charge in [0.25, 0.3) is 5.91 Å². The molecule has 0 spiro atoms. The first-order valence-corrected chi connectivity index (χ1v) is 10.0. The summed E-state index contributed by atoms with van der Waals surface area (Å²) < 4.78 is 5.16. The maximum atomic E-state index is 13.0. The molecule has 0 unspecified atom stereocenters. The van der Waals surface area contributed by atoms with E-state index in [1.807, 2.05) is 24.3 Å². The molecule has 31 heavy (non-hydrogen) atoms. The van der Waals surface area contributed by atoms with Crippen LogP contribution in [-0.4, -0.2) is 18.8 Å². The predicted octanol–water partition coefficient (Wildman–Crippen LogP) is 5.16. The Hall–Kier alpha value is -3.81. The van der Waals surface area contributed by atoms with Gasteiger partial charge < -0.3 is 10.1 Å². The van der Waals surface area contributed by atoms with Crippen molar-refractivity contribution >= 4 is 35.1 Å². The van der Waals surface area contributed by atoms with Gasteiger partial charge in [-0.1, -0.05) is 47.7 Å². The molecule has 1 heterocycles.